The van der Waals surface area contributed by atoms with Crippen LogP contribution in [0.25, 0.3) is 0 Å². The van der Waals surface area contributed by atoms with Gasteiger partial charge in [-0.2, -0.15) is 0 Å². The molecule has 0 fully saturated rings. The lowest BCUT2D eigenvalue weighted by Crippen LogP contribution is -2.53. The molecule has 2 atom stereocenters. The molecular formula is C23H25N3O3. The molecular weight excluding hydrogens is 366 g/mol. The quantitative estimate of drug-likeness (QED) is 0.619. The predicted octanol–water partition coefficient (Wildman–Crippen LogP) is 3.08. The maximum Gasteiger partial charge on any atom is 0.262 e. The van der Waals surface area contributed by atoms with Crippen molar-refractivity contribution in [3.63, 3.8) is 0 Å². The lowest BCUT2D eigenvalue weighted by Gasteiger charge is -2.32. The summed E-state index contributed by atoms with van der Waals surface area (Å²) in [7, 11) is 0. The molecule has 4 rings (SSSR count). The highest BCUT2D eigenvalue weighted by Gasteiger charge is 2.44. The average molecular weight is 391 g/mol. The average Bonchev–Trinajstić information content (AvgIpc) is 2.93. The normalized spacial score (nSPS) is 19.1. The van der Waals surface area contributed by atoms with Gasteiger partial charge in [0.15, 0.2) is 0 Å². The van der Waals surface area contributed by atoms with Crippen molar-refractivity contribution in [3.05, 3.63) is 64.7 Å². The van der Waals surface area contributed by atoms with Gasteiger partial charge in [0.05, 0.1) is 17.2 Å². The minimum Gasteiger partial charge on any atom is -0.399 e. The summed E-state index contributed by atoms with van der Waals surface area (Å²) in [6.07, 6.45) is 2.69. The highest BCUT2D eigenvalue weighted by Crippen LogP contribution is 2.32. The maximum atomic E-state index is 13.3. The van der Waals surface area contributed by atoms with Crippen LogP contribution >= 0.6 is 0 Å². The number of nitrogens with zero attached hydrogens (tertiary/aromatic N) is 1. The van der Waals surface area contributed by atoms with Crippen LogP contribution in [0.15, 0.2) is 42.5 Å². The van der Waals surface area contributed by atoms with Crippen LogP contribution in [0.4, 0.5) is 5.69 Å². The monoisotopic (exact) mass is 391 g/mol. The van der Waals surface area contributed by atoms with Gasteiger partial charge in [-0.3, -0.25) is 19.3 Å². The molecule has 6 nitrogen and oxygen atoms in total. The Kier molecular flexibility index (Phi) is 4.86. The molecule has 0 radical (unpaired) electrons. The van der Waals surface area contributed by atoms with Gasteiger partial charge >= 0.3 is 0 Å². The standard InChI is InChI=1S/C23H25N3O3/c1-13(2)20(26-22(28)17-7-3-4-8-18(17)23(26)29)21(27)25-19-9-5-6-14-12-15(24)10-11-16(14)19/h3-4,7-8,10-13,19-20H,5-6,9,24H2,1-2H3,(H,25,27). The van der Waals surface area contributed by atoms with Gasteiger partial charge in [-0.05, 0) is 60.6 Å². The number of nitrogens with one attached hydrogen (secondary N) is 1. The fourth-order valence-corrected chi connectivity index (χ4v) is 4.42. The number of carbonyl (C=O) groups excluding carboxylic acids is 3. The zero-order valence-corrected chi connectivity index (χ0v) is 16.6. The number of hydrogen-bond acceptors (Lipinski definition) is 4. The van der Waals surface area contributed by atoms with Crippen molar-refractivity contribution in [3.8, 4) is 0 Å². The smallest absolute Gasteiger partial charge is 0.262 e. The Morgan fingerprint density at radius 3 is 2.38 bits per heavy atom. The Balaban J connectivity index is 1.61. The number of imide groups is 1. The molecule has 2 unspecified atom stereocenters. The van der Waals surface area contributed by atoms with E-state index >= 15 is 0 Å². The number of benzene rings is 2. The molecule has 1 aliphatic carbocycles. The summed E-state index contributed by atoms with van der Waals surface area (Å²) < 4.78 is 0. The molecule has 0 saturated heterocycles. The van der Waals surface area contributed by atoms with E-state index in [-0.39, 0.29) is 17.9 Å². The van der Waals surface area contributed by atoms with Crippen LogP contribution in [0.1, 0.15) is 64.6 Å². The highest BCUT2D eigenvalue weighted by molar-refractivity contribution is 6.22. The molecule has 0 aromatic heterocycles. The van der Waals surface area contributed by atoms with Crippen molar-refractivity contribution >= 4 is 23.4 Å². The van der Waals surface area contributed by atoms with E-state index < -0.39 is 17.9 Å². The Morgan fingerprint density at radius 2 is 1.76 bits per heavy atom. The zero-order valence-electron chi connectivity index (χ0n) is 16.6. The van der Waals surface area contributed by atoms with Gasteiger partial charge in [-0.15, -0.1) is 0 Å². The summed E-state index contributed by atoms with van der Waals surface area (Å²) in [5.41, 5.74) is 9.53. The molecule has 1 heterocycles. The van der Waals surface area contributed by atoms with Crippen molar-refractivity contribution < 1.29 is 14.4 Å². The largest absolute Gasteiger partial charge is 0.399 e. The van der Waals surface area contributed by atoms with Gasteiger partial charge < -0.3 is 11.1 Å². The van der Waals surface area contributed by atoms with Crippen LogP contribution in [0.3, 0.4) is 0 Å². The first kappa shape index (κ1) is 19.2. The third-order valence-electron chi connectivity index (χ3n) is 5.80. The van der Waals surface area contributed by atoms with E-state index in [1.807, 2.05) is 32.0 Å². The summed E-state index contributed by atoms with van der Waals surface area (Å²) in [5.74, 6) is -1.33. The van der Waals surface area contributed by atoms with Crippen molar-refractivity contribution in [2.45, 2.75) is 45.2 Å². The second kappa shape index (κ2) is 7.35. The molecule has 3 amide bonds. The van der Waals surface area contributed by atoms with E-state index in [1.54, 1.807) is 24.3 Å². The minimum absolute atomic E-state index is 0.150. The second-order valence-electron chi connectivity index (χ2n) is 8.13. The summed E-state index contributed by atoms with van der Waals surface area (Å²) in [4.78, 5) is 40.2. The van der Waals surface area contributed by atoms with E-state index in [0.717, 1.165) is 35.3 Å². The molecule has 0 bridgehead atoms. The van der Waals surface area contributed by atoms with Crippen molar-refractivity contribution in [1.82, 2.24) is 10.2 Å². The first-order chi connectivity index (χ1) is 13.9. The minimum atomic E-state index is -0.860. The molecule has 3 N–H and O–H groups in total. The third kappa shape index (κ3) is 3.28. The van der Waals surface area contributed by atoms with E-state index in [0.29, 0.717) is 16.8 Å². The molecule has 2 aliphatic rings. The van der Waals surface area contributed by atoms with Crippen molar-refractivity contribution in [2.75, 3.05) is 5.73 Å². The number of nitrogens with two attached hydrogens (primary N) is 1. The zero-order chi connectivity index (χ0) is 20.7. The molecule has 6 heteroatoms. The van der Waals surface area contributed by atoms with E-state index in [2.05, 4.69) is 5.32 Å². The topological polar surface area (TPSA) is 92.5 Å². The maximum absolute atomic E-state index is 13.3. The summed E-state index contributed by atoms with van der Waals surface area (Å²) >= 11 is 0. The van der Waals surface area contributed by atoms with Crippen LogP contribution in [0.2, 0.25) is 0 Å². The van der Waals surface area contributed by atoms with Crippen LogP contribution in [0, 0.1) is 5.92 Å². The Bertz CT molecular complexity index is 964. The molecule has 2 aromatic rings. The highest BCUT2D eigenvalue weighted by atomic mass is 16.2. The molecule has 2 aromatic carbocycles. The van der Waals surface area contributed by atoms with Gasteiger partial charge in [0, 0.05) is 5.69 Å². The van der Waals surface area contributed by atoms with Crippen molar-refractivity contribution in [2.24, 2.45) is 5.92 Å². The van der Waals surface area contributed by atoms with Crippen LogP contribution < -0.4 is 11.1 Å². The number of hydrogen-bond donors (Lipinski definition) is 2. The molecule has 150 valence electrons. The number of fused-ring (bicyclic) bond motifs is 2. The predicted molar refractivity (Wildman–Crippen MR) is 110 cm³/mol. The lowest BCUT2D eigenvalue weighted by atomic mass is 9.87. The second-order valence-corrected chi connectivity index (χ2v) is 8.13. The van der Waals surface area contributed by atoms with Gasteiger partial charge in [-0.25, -0.2) is 0 Å². The Hall–Kier alpha value is -3.15. The van der Waals surface area contributed by atoms with Gasteiger partial charge in [0.25, 0.3) is 11.8 Å². The Morgan fingerprint density at radius 1 is 1.10 bits per heavy atom. The van der Waals surface area contributed by atoms with Gasteiger partial charge in [0.1, 0.15) is 6.04 Å². The van der Waals surface area contributed by atoms with Crippen LogP contribution in [-0.2, 0) is 11.2 Å². The number of nitrogen functional groups attached to an aromatic ring is 1. The molecule has 0 saturated carbocycles. The van der Waals surface area contributed by atoms with E-state index in [4.69, 9.17) is 5.73 Å². The fourth-order valence-electron chi connectivity index (χ4n) is 4.42. The van der Waals surface area contributed by atoms with Crippen LogP contribution in [0.5, 0.6) is 0 Å². The number of rotatable bonds is 4. The third-order valence-corrected chi connectivity index (χ3v) is 5.80. The first-order valence-electron chi connectivity index (χ1n) is 10.0. The number of aryl methyl sites for hydroxylation is 1. The molecule has 1 aliphatic heterocycles. The van der Waals surface area contributed by atoms with E-state index in [9.17, 15) is 14.4 Å². The lowest BCUT2D eigenvalue weighted by molar-refractivity contribution is -0.127. The fraction of sp³-hybridized carbons (Fsp3) is 0.348. The Labute approximate surface area is 170 Å². The van der Waals surface area contributed by atoms with Crippen LogP contribution in [-0.4, -0.2) is 28.7 Å². The molecule has 0 spiro atoms. The summed E-state index contributed by atoms with van der Waals surface area (Å²) in [6.45, 7) is 3.70. The number of carbonyl (C=O) groups is 3. The number of amides is 3. The SMILES string of the molecule is CC(C)C(C(=O)NC1CCCc2cc(N)ccc21)N1C(=O)c2ccccc2C1=O. The van der Waals surface area contributed by atoms with E-state index in [1.165, 1.54) is 0 Å². The first-order valence-corrected chi connectivity index (χ1v) is 10.0. The molecule has 29 heavy (non-hydrogen) atoms. The van der Waals surface area contributed by atoms with Gasteiger partial charge in [0.2, 0.25) is 5.91 Å². The number of anilines is 1. The van der Waals surface area contributed by atoms with Gasteiger partial charge in [-0.1, -0.05) is 32.0 Å². The summed E-state index contributed by atoms with van der Waals surface area (Å²) in [6, 6.07) is 11.5. The summed E-state index contributed by atoms with van der Waals surface area (Å²) in [5, 5.41) is 3.09. The van der Waals surface area contributed by atoms with Crippen molar-refractivity contribution in [1.29, 1.82) is 0 Å².